The van der Waals surface area contributed by atoms with E-state index >= 15 is 0 Å². The molecule has 1 N–H and O–H groups in total. The van der Waals surface area contributed by atoms with Crippen LogP contribution in [-0.2, 0) is 0 Å². The molecular weight excluding hydrogens is 242 g/mol. The van der Waals surface area contributed by atoms with Crippen LogP contribution in [0.1, 0.15) is 45.5 Å². The van der Waals surface area contributed by atoms with E-state index in [1.807, 2.05) is 24.6 Å². The predicted octanol–water partition coefficient (Wildman–Crippen LogP) is 3.54. The topological polar surface area (TPSA) is 28.2 Å². The van der Waals surface area contributed by atoms with Gasteiger partial charge in [0.15, 0.2) is 5.13 Å². The van der Waals surface area contributed by atoms with Crippen LogP contribution in [0, 0.1) is 11.8 Å². The molecule has 18 heavy (non-hydrogen) atoms. The Morgan fingerprint density at radius 2 is 1.72 bits per heavy atom. The zero-order valence-corrected chi connectivity index (χ0v) is 13.3. The van der Waals surface area contributed by atoms with Gasteiger partial charge in [-0.25, -0.2) is 4.98 Å². The molecule has 3 nitrogen and oxygen atoms in total. The van der Waals surface area contributed by atoms with Crippen molar-refractivity contribution in [2.75, 3.05) is 25.0 Å². The lowest BCUT2D eigenvalue weighted by Crippen LogP contribution is -2.31. The Labute approximate surface area is 116 Å². The van der Waals surface area contributed by atoms with Gasteiger partial charge < -0.3 is 10.2 Å². The number of nitrogens with zero attached hydrogens (tertiary/aromatic N) is 2. The Morgan fingerprint density at radius 1 is 1.17 bits per heavy atom. The molecule has 0 amide bonds. The van der Waals surface area contributed by atoms with Crippen molar-refractivity contribution in [3.8, 4) is 0 Å². The average Bonchev–Trinajstić information content (AvgIpc) is 2.75. The number of nitrogens with one attached hydrogen (secondary N) is 1. The van der Waals surface area contributed by atoms with Crippen LogP contribution in [0.3, 0.4) is 0 Å². The fourth-order valence-electron chi connectivity index (χ4n) is 1.88. The number of hydrogen-bond acceptors (Lipinski definition) is 4. The Kier molecular flexibility index (Phi) is 6.09. The molecule has 0 saturated carbocycles. The third-order valence-corrected chi connectivity index (χ3v) is 4.05. The number of thiazole rings is 1. The van der Waals surface area contributed by atoms with Gasteiger partial charge in [-0.1, -0.05) is 27.7 Å². The first-order valence-corrected chi connectivity index (χ1v) is 7.63. The molecule has 0 saturated heterocycles. The largest absolute Gasteiger partial charge is 0.348 e. The van der Waals surface area contributed by atoms with Crippen LogP contribution < -0.4 is 10.2 Å². The summed E-state index contributed by atoms with van der Waals surface area (Å²) in [6.07, 6.45) is 2.01. The molecule has 4 heteroatoms. The van der Waals surface area contributed by atoms with Crippen LogP contribution >= 0.6 is 11.3 Å². The first-order chi connectivity index (χ1) is 8.43. The lowest BCUT2D eigenvalue weighted by molar-refractivity contribution is 0.552. The van der Waals surface area contributed by atoms with Gasteiger partial charge in [-0.3, -0.25) is 0 Å². The molecule has 0 aliphatic carbocycles. The summed E-state index contributed by atoms with van der Waals surface area (Å²) in [6, 6.07) is 0.385. The van der Waals surface area contributed by atoms with E-state index in [-0.39, 0.29) is 0 Å². The fraction of sp³-hybridized carbons (Fsp3) is 0.786. The van der Waals surface area contributed by atoms with Crippen molar-refractivity contribution in [2.24, 2.45) is 11.8 Å². The molecule has 1 unspecified atom stereocenters. The Balaban J connectivity index is 2.81. The molecule has 104 valence electrons. The molecule has 1 aromatic heterocycles. The summed E-state index contributed by atoms with van der Waals surface area (Å²) >= 11 is 1.81. The zero-order chi connectivity index (χ0) is 13.7. The summed E-state index contributed by atoms with van der Waals surface area (Å²) in [6.45, 7) is 13.4. The summed E-state index contributed by atoms with van der Waals surface area (Å²) in [5.74, 6) is 1.33. The molecular formula is C14H27N3S. The highest BCUT2D eigenvalue weighted by atomic mass is 32.1. The molecule has 0 aromatic carbocycles. The maximum atomic E-state index is 4.60. The zero-order valence-electron chi connectivity index (χ0n) is 12.5. The molecule has 0 aliphatic rings. The monoisotopic (exact) mass is 269 g/mol. The molecule has 0 radical (unpaired) electrons. The van der Waals surface area contributed by atoms with Crippen LogP contribution in [0.2, 0.25) is 0 Å². The van der Waals surface area contributed by atoms with E-state index < -0.39 is 0 Å². The smallest absolute Gasteiger partial charge is 0.185 e. The maximum Gasteiger partial charge on any atom is 0.185 e. The summed E-state index contributed by atoms with van der Waals surface area (Å²) in [7, 11) is 1.99. The van der Waals surface area contributed by atoms with Gasteiger partial charge in [-0.2, -0.15) is 0 Å². The number of aromatic nitrogens is 1. The van der Waals surface area contributed by atoms with E-state index in [1.54, 1.807) is 0 Å². The highest BCUT2D eigenvalue weighted by molar-refractivity contribution is 7.15. The third-order valence-electron chi connectivity index (χ3n) is 2.81. The Morgan fingerprint density at radius 3 is 2.17 bits per heavy atom. The van der Waals surface area contributed by atoms with E-state index in [0.29, 0.717) is 17.9 Å². The minimum absolute atomic E-state index is 0.385. The summed E-state index contributed by atoms with van der Waals surface area (Å²) in [5, 5.41) is 4.43. The first kappa shape index (κ1) is 15.4. The number of rotatable bonds is 7. The van der Waals surface area contributed by atoms with Crippen LogP contribution in [0.25, 0.3) is 0 Å². The second kappa shape index (κ2) is 7.10. The first-order valence-electron chi connectivity index (χ1n) is 6.82. The van der Waals surface area contributed by atoms with Crippen LogP contribution in [-0.4, -0.2) is 25.1 Å². The van der Waals surface area contributed by atoms with Gasteiger partial charge in [0.2, 0.25) is 0 Å². The van der Waals surface area contributed by atoms with E-state index in [1.165, 1.54) is 4.88 Å². The Hall–Kier alpha value is -0.610. The summed E-state index contributed by atoms with van der Waals surface area (Å²) < 4.78 is 0. The van der Waals surface area contributed by atoms with Crippen molar-refractivity contribution >= 4 is 16.5 Å². The van der Waals surface area contributed by atoms with Gasteiger partial charge in [-0.15, -0.1) is 11.3 Å². The van der Waals surface area contributed by atoms with Crippen molar-refractivity contribution in [3.63, 3.8) is 0 Å². The normalized spacial score (nSPS) is 13.3. The van der Waals surface area contributed by atoms with E-state index in [2.05, 4.69) is 49.8 Å². The van der Waals surface area contributed by atoms with Gasteiger partial charge in [-0.05, 0) is 25.8 Å². The molecule has 0 bridgehead atoms. The SMILES string of the molecule is CNC(C)c1cnc(N(CC(C)C)CC(C)C)s1. The van der Waals surface area contributed by atoms with E-state index in [9.17, 15) is 0 Å². The number of anilines is 1. The molecule has 0 fully saturated rings. The number of hydrogen-bond donors (Lipinski definition) is 1. The second-order valence-electron chi connectivity index (χ2n) is 5.75. The highest BCUT2D eigenvalue weighted by Crippen LogP contribution is 2.28. The molecule has 1 heterocycles. The molecule has 1 atom stereocenters. The van der Waals surface area contributed by atoms with Crippen LogP contribution in [0.4, 0.5) is 5.13 Å². The van der Waals surface area contributed by atoms with E-state index in [0.717, 1.165) is 18.2 Å². The van der Waals surface area contributed by atoms with Gasteiger partial charge in [0, 0.05) is 30.2 Å². The van der Waals surface area contributed by atoms with Gasteiger partial charge in [0.1, 0.15) is 0 Å². The van der Waals surface area contributed by atoms with Crippen LogP contribution in [0.5, 0.6) is 0 Å². The Bertz CT molecular complexity index is 337. The van der Waals surface area contributed by atoms with Crippen LogP contribution in [0.15, 0.2) is 6.20 Å². The molecule has 0 aliphatic heterocycles. The minimum atomic E-state index is 0.385. The van der Waals surface area contributed by atoms with Crippen molar-refractivity contribution < 1.29 is 0 Å². The van der Waals surface area contributed by atoms with Crippen molar-refractivity contribution in [1.82, 2.24) is 10.3 Å². The van der Waals surface area contributed by atoms with Gasteiger partial charge in [0.25, 0.3) is 0 Å². The third kappa shape index (κ3) is 4.58. The van der Waals surface area contributed by atoms with Gasteiger partial charge in [0.05, 0.1) is 0 Å². The van der Waals surface area contributed by atoms with Crippen molar-refractivity contribution in [3.05, 3.63) is 11.1 Å². The van der Waals surface area contributed by atoms with E-state index in [4.69, 9.17) is 0 Å². The lowest BCUT2D eigenvalue weighted by atomic mass is 10.1. The van der Waals surface area contributed by atoms with Crippen molar-refractivity contribution in [1.29, 1.82) is 0 Å². The fourth-order valence-corrected chi connectivity index (χ4v) is 2.87. The lowest BCUT2D eigenvalue weighted by Gasteiger charge is -2.25. The minimum Gasteiger partial charge on any atom is -0.348 e. The summed E-state index contributed by atoms with van der Waals surface area (Å²) in [5.41, 5.74) is 0. The molecule has 1 rings (SSSR count). The maximum absolute atomic E-state index is 4.60. The van der Waals surface area contributed by atoms with Crippen molar-refractivity contribution in [2.45, 2.75) is 40.7 Å². The average molecular weight is 269 g/mol. The molecule has 0 spiro atoms. The highest BCUT2D eigenvalue weighted by Gasteiger charge is 2.15. The predicted molar refractivity (Wildman–Crippen MR) is 81.5 cm³/mol. The summed E-state index contributed by atoms with van der Waals surface area (Å²) in [4.78, 5) is 8.33. The van der Waals surface area contributed by atoms with Gasteiger partial charge >= 0.3 is 0 Å². The molecule has 1 aromatic rings. The standard InChI is InChI=1S/C14H27N3S/c1-10(2)8-17(9-11(3)4)14-16-7-13(18-14)12(5)15-6/h7,10-12,15H,8-9H2,1-6H3. The quantitative estimate of drug-likeness (QED) is 0.820. The second-order valence-corrected chi connectivity index (χ2v) is 6.79.